The number of carbonyl (C=O) groups is 1. The van der Waals surface area contributed by atoms with Crippen molar-refractivity contribution in [3.63, 3.8) is 0 Å². The zero-order valence-corrected chi connectivity index (χ0v) is 12.6. The quantitative estimate of drug-likeness (QED) is 0.850. The molecule has 0 aliphatic carbocycles. The lowest BCUT2D eigenvalue weighted by Crippen LogP contribution is -2.11. The van der Waals surface area contributed by atoms with Crippen molar-refractivity contribution in [1.82, 2.24) is 14.5 Å². The highest BCUT2D eigenvalue weighted by Gasteiger charge is 2.20. The van der Waals surface area contributed by atoms with Crippen LogP contribution in [0, 0.1) is 6.92 Å². The summed E-state index contributed by atoms with van der Waals surface area (Å²) < 4.78 is 6.81. The second-order valence-corrected chi connectivity index (χ2v) is 4.73. The van der Waals surface area contributed by atoms with Crippen molar-refractivity contribution in [2.75, 3.05) is 12.3 Å². The average Bonchev–Trinajstić information content (AvgIpc) is 2.78. The fraction of sp³-hybridized carbons (Fsp3) is 0.400. The number of imidazole rings is 1. The molecular formula is C15H20N4O2. The molecule has 2 aromatic heterocycles. The van der Waals surface area contributed by atoms with Gasteiger partial charge in [0.15, 0.2) is 5.69 Å². The summed E-state index contributed by atoms with van der Waals surface area (Å²) in [5.41, 5.74) is 8.22. The minimum Gasteiger partial charge on any atom is -0.461 e. The second-order valence-electron chi connectivity index (χ2n) is 4.73. The van der Waals surface area contributed by atoms with E-state index < -0.39 is 5.97 Å². The third kappa shape index (κ3) is 3.21. The molecule has 112 valence electrons. The number of nitrogens with two attached hydrogens (primary N) is 1. The number of carbonyl (C=O) groups excluding carboxylic acids is 1. The monoisotopic (exact) mass is 288 g/mol. The molecule has 2 N–H and O–H groups in total. The molecule has 6 nitrogen and oxygen atoms in total. The van der Waals surface area contributed by atoms with Gasteiger partial charge in [0.25, 0.3) is 0 Å². The van der Waals surface area contributed by atoms with Crippen LogP contribution in [0.3, 0.4) is 0 Å². The Morgan fingerprint density at radius 3 is 2.71 bits per heavy atom. The summed E-state index contributed by atoms with van der Waals surface area (Å²) in [6.07, 6.45) is 2.49. The van der Waals surface area contributed by atoms with Crippen molar-refractivity contribution in [3.05, 3.63) is 41.1 Å². The molecule has 0 amide bonds. The van der Waals surface area contributed by atoms with E-state index in [1.54, 1.807) is 13.1 Å². The second kappa shape index (κ2) is 6.39. The minimum absolute atomic E-state index is 0.189. The minimum atomic E-state index is -0.481. The van der Waals surface area contributed by atoms with E-state index >= 15 is 0 Å². The first-order chi connectivity index (χ1) is 10.1. The summed E-state index contributed by atoms with van der Waals surface area (Å²) in [5, 5.41) is 0. The maximum Gasteiger partial charge on any atom is 0.360 e. The van der Waals surface area contributed by atoms with Crippen molar-refractivity contribution in [3.8, 4) is 0 Å². The van der Waals surface area contributed by atoms with Crippen LogP contribution in [0.4, 0.5) is 5.82 Å². The van der Waals surface area contributed by atoms with Gasteiger partial charge in [0.1, 0.15) is 11.6 Å². The largest absolute Gasteiger partial charge is 0.461 e. The first kappa shape index (κ1) is 15.0. The maximum absolute atomic E-state index is 11.9. The van der Waals surface area contributed by atoms with Crippen molar-refractivity contribution < 1.29 is 9.53 Å². The Morgan fingerprint density at radius 1 is 1.38 bits per heavy atom. The topological polar surface area (TPSA) is 83.0 Å². The predicted molar refractivity (Wildman–Crippen MR) is 80.0 cm³/mol. The standard InChI is InChI=1S/C15H20N4O2/c1-4-12-18-13(15(20)21-5-2)14(16)19(12)9-11-7-6-10(3)17-8-11/h6-8H,4-5,9,16H2,1-3H3. The lowest BCUT2D eigenvalue weighted by molar-refractivity contribution is 0.0521. The Kier molecular flexibility index (Phi) is 4.57. The predicted octanol–water partition coefficient (Wildman–Crippen LogP) is 1.96. The van der Waals surface area contributed by atoms with Gasteiger partial charge in [-0.2, -0.15) is 0 Å². The number of nitrogens with zero attached hydrogens (tertiary/aromatic N) is 3. The Bertz CT molecular complexity index is 632. The third-order valence-electron chi connectivity index (χ3n) is 3.18. The van der Waals surface area contributed by atoms with Gasteiger partial charge in [-0.15, -0.1) is 0 Å². The molecule has 21 heavy (non-hydrogen) atoms. The van der Waals surface area contributed by atoms with Gasteiger partial charge < -0.3 is 15.0 Å². The van der Waals surface area contributed by atoms with Crippen LogP contribution in [-0.2, 0) is 17.7 Å². The summed E-state index contributed by atoms with van der Waals surface area (Å²) in [6, 6.07) is 3.94. The molecule has 0 bridgehead atoms. The van der Waals surface area contributed by atoms with Gasteiger partial charge in [0.05, 0.1) is 13.2 Å². The highest BCUT2D eigenvalue weighted by molar-refractivity contribution is 5.92. The first-order valence-electron chi connectivity index (χ1n) is 7.00. The van der Waals surface area contributed by atoms with Crippen LogP contribution in [0.1, 0.15) is 41.4 Å². The summed E-state index contributed by atoms with van der Waals surface area (Å²) in [7, 11) is 0. The van der Waals surface area contributed by atoms with Crippen molar-refractivity contribution in [2.24, 2.45) is 0 Å². The zero-order valence-electron chi connectivity index (χ0n) is 12.6. The van der Waals surface area contributed by atoms with Crippen LogP contribution < -0.4 is 5.73 Å². The maximum atomic E-state index is 11.9. The lowest BCUT2D eigenvalue weighted by atomic mass is 10.2. The average molecular weight is 288 g/mol. The van der Waals surface area contributed by atoms with E-state index in [0.29, 0.717) is 25.4 Å². The smallest absolute Gasteiger partial charge is 0.360 e. The molecule has 0 aromatic carbocycles. The summed E-state index contributed by atoms with van der Waals surface area (Å²) in [4.78, 5) is 20.4. The number of anilines is 1. The van der Waals surface area contributed by atoms with Gasteiger partial charge in [0.2, 0.25) is 0 Å². The van der Waals surface area contributed by atoms with E-state index in [1.165, 1.54) is 0 Å². The van der Waals surface area contributed by atoms with Gasteiger partial charge >= 0.3 is 5.97 Å². The van der Waals surface area contributed by atoms with Crippen LogP contribution >= 0.6 is 0 Å². The Balaban J connectivity index is 2.34. The molecule has 0 atom stereocenters. The molecule has 6 heteroatoms. The van der Waals surface area contributed by atoms with Gasteiger partial charge in [0, 0.05) is 18.3 Å². The molecule has 0 spiro atoms. The number of rotatable bonds is 5. The first-order valence-corrected chi connectivity index (χ1v) is 7.00. The highest BCUT2D eigenvalue weighted by Crippen LogP contribution is 2.18. The molecule has 2 aromatic rings. The van der Waals surface area contributed by atoms with Crippen molar-refractivity contribution in [1.29, 1.82) is 0 Å². The summed E-state index contributed by atoms with van der Waals surface area (Å²) >= 11 is 0. The molecule has 0 saturated carbocycles. The molecule has 2 rings (SSSR count). The van der Waals surface area contributed by atoms with Crippen LogP contribution in [0.15, 0.2) is 18.3 Å². The number of pyridine rings is 1. The normalized spacial score (nSPS) is 10.6. The van der Waals surface area contributed by atoms with E-state index in [9.17, 15) is 4.79 Å². The molecule has 0 aliphatic rings. The van der Waals surface area contributed by atoms with Gasteiger partial charge in [-0.3, -0.25) is 4.98 Å². The molecule has 0 aliphatic heterocycles. The van der Waals surface area contributed by atoms with Gasteiger partial charge in [-0.1, -0.05) is 13.0 Å². The third-order valence-corrected chi connectivity index (χ3v) is 3.18. The number of aromatic nitrogens is 3. The van der Waals surface area contributed by atoms with Crippen LogP contribution in [0.5, 0.6) is 0 Å². The number of ether oxygens (including phenoxy) is 1. The lowest BCUT2D eigenvalue weighted by Gasteiger charge is -2.09. The Morgan fingerprint density at radius 2 is 2.14 bits per heavy atom. The number of aryl methyl sites for hydroxylation is 2. The number of hydrogen-bond donors (Lipinski definition) is 1. The molecule has 0 radical (unpaired) electrons. The van der Waals surface area contributed by atoms with E-state index in [4.69, 9.17) is 10.5 Å². The fourth-order valence-electron chi connectivity index (χ4n) is 2.08. The van der Waals surface area contributed by atoms with Gasteiger partial charge in [-0.05, 0) is 25.5 Å². The highest BCUT2D eigenvalue weighted by atomic mass is 16.5. The Hall–Kier alpha value is -2.37. The SMILES string of the molecule is CCOC(=O)c1nc(CC)n(Cc2ccc(C)nc2)c1N. The van der Waals surface area contributed by atoms with Crippen molar-refractivity contribution in [2.45, 2.75) is 33.7 Å². The van der Waals surface area contributed by atoms with Crippen LogP contribution in [0.25, 0.3) is 0 Å². The van der Waals surface area contributed by atoms with Crippen molar-refractivity contribution >= 4 is 11.8 Å². The summed E-state index contributed by atoms with van der Waals surface area (Å²) in [5.74, 6) is 0.618. The Labute approximate surface area is 124 Å². The number of esters is 1. The molecular weight excluding hydrogens is 268 g/mol. The number of hydrogen-bond acceptors (Lipinski definition) is 5. The summed E-state index contributed by atoms with van der Waals surface area (Å²) in [6.45, 7) is 6.50. The van der Waals surface area contributed by atoms with E-state index in [2.05, 4.69) is 9.97 Å². The molecule has 0 fully saturated rings. The molecule has 2 heterocycles. The van der Waals surface area contributed by atoms with E-state index in [0.717, 1.165) is 17.1 Å². The number of nitrogen functional groups attached to an aromatic ring is 1. The van der Waals surface area contributed by atoms with Gasteiger partial charge in [-0.25, -0.2) is 9.78 Å². The van der Waals surface area contributed by atoms with Crippen LogP contribution in [-0.4, -0.2) is 27.1 Å². The molecule has 0 unspecified atom stereocenters. The zero-order chi connectivity index (χ0) is 15.4. The fourth-order valence-corrected chi connectivity index (χ4v) is 2.08. The van der Waals surface area contributed by atoms with E-state index in [1.807, 2.05) is 30.5 Å². The molecule has 0 saturated heterocycles. The van der Waals surface area contributed by atoms with Crippen LogP contribution in [0.2, 0.25) is 0 Å². The van der Waals surface area contributed by atoms with E-state index in [-0.39, 0.29) is 5.69 Å².